The van der Waals surface area contributed by atoms with Crippen molar-refractivity contribution in [1.82, 2.24) is 4.57 Å². The van der Waals surface area contributed by atoms with Gasteiger partial charge in [-0.05, 0) is 29.3 Å². The minimum atomic E-state index is 0.462. The first-order valence-corrected chi connectivity index (χ1v) is 7.00. The van der Waals surface area contributed by atoms with Crippen LogP contribution in [0.25, 0.3) is 10.9 Å². The molecular formula is C18H17N3. The van der Waals surface area contributed by atoms with Crippen LogP contribution in [0.1, 0.15) is 11.1 Å². The molecule has 104 valence electrons. The van der Waals surface area contributed by atoms with E-state index in [0.29, 0.717) is 6.42 Å². The molecule has 1 aromatic heterocycles. The van der Waals surface area contributed by atoms with Crippen molar-refractivity contribution in [3.63, 3.8) is 0 Å². The van der Waals surface area contributed by atoms with Gasteiger partial charge in [0.25, 0.3) is 0 Å². The molecule has 0 aliphatic heterocycles. The highest BCUT2D eigenvalue weighted by Gasteiger charge is 2.05. The van der Waals surface area contributed by atoms with Gasteiger partial charge in [-0.15, -0.1) is 0 Å². The molecule has 0 unspecified atom stereocenters. The minimum absolute atomic E-state index is 0.462. The zero-order valence-electron chi connectivity index (χ0n) is 12.0. The van der Waals surface area contributed by atoms with Gasteiger partial charge >= 0.3 is 0 Å². The fraction of sp³-hybridized carbons (Fsp3) is 0.167. The number of anilines is 1. The number of hydrogen-bond acceptors (Lipinski definition) is 2. The van der Waals surface area contributed by atoms with Gasteiger partial charge in [-0.3, -0.25) is 0 Å². The van der Waals surface area contributed by atoms with Gasteiger partial charge in [-0.25, -0.2) is 0 Å². The molecule has 0 saturated carbocycles. The van der Waals surface area contributed by atoms with Crippen molar-refractivity contribution in [1.29, 1.82) is 5.26 Å². The number of nitrogens with zero attached hydrogens (tertiary/aromatic N) is 2. The van der Waals surface area contributed by atoms with E-state index in [-0.39, 0.29) is 0 Å². The van der Waals surface area contributed by atoms with E-state index in [1.807, 2.05) is 24.3 Å². The molecule has 0 bridgehead atoms. The summed E-state index contributed by atoms with van der Waals surface area (Å²) in [4.78, 5) is 0. The molecule has 0 radical (unpaired) electrons. The van der Waals surface area contributed by atoms with Gasteiger partial charge in [0.15, 0.2) is 0 Å². The average Bonchev–Trinajstić information content (AvgIpc) is 2.84. The molecule has 2 aromatic carbocycles. The largest absolute Gasteiger partial charge is 0.381 e. The van der Waals surface area contributed by atoms with Gasteiger partial charge < -0.3 is 9.88 Å². The lowest BCUT2D eigenvalue weighted by Crippen LogP contribution is -1.98. The van der Waals surface area contributed by atoms with Crippen LogP contribution in [0.4, 0.5) is 5.69 Å². The Labute approximate surface area is 124 Å². The summed E-state index contributed by atoms with van der Waals surface area (Å²) in [5, 5.41) is 13.4. The number of rotatable bonds is 4. The van der Waals surface area contributed by atoms with Crippen molar-refractivity contribution < 1.29 is 0 Å². The summed E-state index contributed by atoms with van der Waals surface area (Å²) in [6.45, 7) is 0.791. The lowest BCUT2D eigenvalue weighted by Gasteiger charge is -2.06. The maximum atomic E-state index is 8.68. The monoisotopic (exact) mass is 275 g/mol. The van der Waals surface area contributed by atoms with Crippen LogP contribution in [0.3, 0.4) is 0 Å². The Morgan fingerprint density at radius 2 is 1.86 bits per heavy atom. The number of fused-ring (bicyclic) bond motifs is 1. The third-order valence-corrected chi connectivity index (χ3v) is 3.70. The van der Waals surface area contributed by atoms with Crippen LogP contribution in [-0.2, 0) is 20.0 Å². The van der Waals surface area contributed by atoms with E-state index in [1.54, 1.807) is 0 Å². The fourth-order valence-corrected chi connectivity index (χ4v) is 2.60. The molecule has 1 heterocycles. The Balaban J connectivity index is 1.76. The number of aryl methyl sites for hydroxylation is 1. The lowest BCUT2D eigenvalue weighted by atomic mass is 10.1. The van der Waals surface area contributed by atoms with Gasteiger partial charge in [-0.2, -0.15) is 5.26 Å². The van der Waals surface area contributed by atoms with Gasteiger partial charge in [0.1, 0.15) is 0 Å². The predicted octanol–water partition coefficient (Wildman–Crippen LogP) is 3.86. The standard InChI is InChI=1S/C18H17N3/c1-21-13-15(17-4-2-3-5-18(17)21)12-20-16-8-6-14(7-9-16)10-11-19/h2-9,13,20H,10,12H2,1H3. The van der Waals surface area contributed by atoms with Gasteiger partial charge in [0.2, 0.25) is 0 Å². The zero-order valence-corrected chi connectivity index (χ0v) is 12.0. The SMILES string of the molecule is Cn1cc(CNc2ccc(CC#N)cc2)c2ccccc21. The molecule has 0 aliphatic carbocycles. The topological polar surface area (TPSA) is 40.8 Å². The van der Waals surface area contributed by atoms with Crippen LogP contribution in [0.5, 0.6) is 0 Å². The summed E-state index contributed by atoms with van der Waals surface area (Å²) in [7, 11) is 2.07. The van der Waals surface area contributed by atoms with Crippen molar-refractivity contribution in [2.75, 3.05) is 5.32 Å². The number of nitriles is 1. The first-order chi connectivity index (χ1) is 10.3. The number of aromatic nitrogens is 1. The Bertz CT molecular complexity index is 791. The molecule has 1 N–H and O–H groups in total. The van der Waals surface area contributed by atoms with Gasteiger partial charge in [0, 0.05) is 36.4 Å². The highest BCUT2D eigenvalue weighted by atomic mass is 14.9. The van der Waals surface area contributed by atoms with Crippen LogP contribution in [0, 0.1) is 11.3 Å². The second-order valence-electron chi connectivity index (χ2n) is 5.17. The number of benzene rings is 2. The van der Waals surface area contributed by atoms with E-state index in [0.717, 1.165) is 17.8 Å². The van der Waals surface area contributed by atoms with E-state index in [9.17, 15) is 0 Å². The van der Waals surface area contributed by atoms with E-state index >= 15 is 0 Å². The molecule has 0 fully saturated rings. The maximum absolute atomic E-state index is 8.68. The molecule has 3 heteroatoms. The predicted molar refractivity (Wildman–Crippen MR) is 86.0 cm³/mol. The lowest BCUT2D eigenvalue weighted by molar-refractivity contribution is 0.956. The molecule has 0 saturated heterocycles. The van der Waals surface area contributed by atoms with Crippen molar-refractivity contribution in [3.05, 3.63) is 65.9 Å². The Morgan fingerprint density at radius 3 is 2.62 bits per heavy atom. The van der Waals surface area contributed by atoms with Crippen molar-refractivity contribution >= 4 is 16.6 Å². The number of hydrogen-bond donors (Lipinski definition) is 1. The molecule has 0 spiro atoms. The Hall–Kier alpha value is -2.73. The smallest absolute Gasteiger partial charge is 0.0669 e. The van der Waals surface area contributed by atoms with Crippen LogP contribution >= 0.6 is 0 Å². The highest BCUT2D eigenvalue weighted by molar-refractivity contribution is 5.84. The van der Waals surface area contributed by atoms with Gasteiger partial charge in [0.05, 0.1) is 12.5 Å². The van der Waals surface area contributed by atoms with E-state index in [4.69, 9.17) is 5.26 Å². The van der Waals surface area contributed by atoms with Crippen LogP contribution in [0.2, 0.25) is 0 Å². The third kappa shape index (κ3) is 2.75. The van der Waals surface area contributed by atoms with Crippen LogP contribution < -0.4 is 5.32 Å². The van der Waals surface area contributed by atoms with Gasteiger partial charge in [-0.1, -0.05) is 30.3 Å². The highest BCUT2D eigenvalue weighted by Crippen LogP contribution is 2.21. The molecule has 21 heavy (non-hydrogen) atoms. The molecule has 3 nitrogen and oxygen atoms in total. The first-order valence-electron chi connectivity index (χ1n) is 7.00. The second-order valence-corrected chi connectivity index (χ2v) is 5.17. The second kappa shape index (κ2) is 5.72. The molecule has 0 atom stereocenters. The van der Waals surface area contributed by atoms with Crippen LogP contribution in [-0.4, -0.2) is 4.57 Å². The first kappa shape index (κ1) is 13.3. The molecule has 3 rings (SSSR count). The zero-order chi connectivity index (χ0) is 14.7. The Morgan fingerprint density at radius 1 is 1.10 bits per heavy atom. The Kier molecular flexibility index (Phi) is 3.61. The van der Waals surface area contributed by atoms with Crippen molar-refractivity contribution in [2.45, 2.75) is 13.0 Å². The summed E-state index contributed by atoms with van der Waals surface area (Å²) in [6, 6.07) is 18.6. The third-order valence-electron chi connectivity index (χ3n) is 3.70. The summed E-state index contributed by atoms with van der Waals surface area (Å²) in [6.07, 6.45) is 2.63. The summed E-state index contributed by atoms with van der Waals surface area (Å²) < 4.78 is 2.16. The quantitative estimate of drug-likeness (QED) is 0.785. The molecular weight excluding hydrogens is 258 g/mol. The summed E-state index contributed by atoms with van der Waals surface area (Å²) in [5.74, 6) is 0. The summed E-state index contributed by atoms with van der Waals surface area (Å²) in [5.41, 5.74) is 4.66. The van der Waals surface area contributed by atoms with Crippen molar-refractivity contribution in [2.24, 2.45) is 7.05 Å². The molecule has 0 aliphatic rings. The molecule has 0 amide bonds. The maximum Gasteiger partial charge on any atom is 0.0669 e. The van der Waals surface area contributed by atoms with Crippen LogP contribution in [0.15, 0.2) is 54.7 Å². The van der Waals surface area contributed by atoms with E-state index in [1.165, 1.54) is 16.5 Å². The molecule has 3 aromatic rings. The van der Waals surface area contributed by atoms with E-state index in [2.05, 4.69) is 53.5 Å². The number of nitrogens with one attached hydrogen (secondary N) is 1. The van der Waals surface area contributed by atoms with Crippen molar-refractivity contribution in [3.8, 4) is 6.07 Å². The normalized spacial score (nSPS) is 10.5. The number of para-hydroxylation sites is 1. The summed E-state index contributed by atoms with van der Waals surface area (Å²) >= 11 is 0. The minimum Gasteiger partial charge on any atom is -0.381 e. The fourth-order valence-electron chi connectivity index (χ4n) is 2.60. The van der Waals surface area contributed by atoms with E-state index < -0.39 is 0 Å². The average molecular weight is 275 g/mol.